The first-order valence-corrected chi connectivity index (χ1v) is 4.22. The number of hydrogen-bond donors (Lipinski definition) is 1. The van der Waals surface area contributed by atoms with Crippen molar-refractivity contribution in [3.05, 3.63) is 0 Å². The fraction of sp³-hybridized carbons (Fsp3) is 1.00. The van der Waals surface area contributed by atoms with Crippen molar-refractivity contribution in [2.75, 3.05) is 26.3 Å². The van der Waals surface area contributed by atoms with Crippen LogP contribution in [0.15, 0.2) is 0 Å². The van der Waals surface area contributed by atoms with E-state index in [9.17, 15) is 0 Å². The Morgan fingerprint density at radius 2 is 2.36 bits per heavy atom. The largest absolute Gasteiger partial charge is 0.381 e. The molecule has 0 spiro atoms. The molecule has 1 saturated heterocycles. The summed E-state index contributed by atoms with van der Waals surface area (Å²) in [5.74, 6) is 0.784. The summed E-state index contributed by atoms with van der Waals surface area (Å²) in [6, 6.07) is 0. The van der Waals surface area contributed by atoms with Crippen molar-refractivity contribution >= 4 is 12.4 Å². The molecule has 0 aromatic heterocycles. The quantitative estimate of drug-likeness (QED) is 0.660. The van der Waals surface area contributed by atoms with Gasteiger partial charge in [-0.25, -0.2) is 0 Å². The molecule has 1 aliphatic rings. The molecule has 1 rings (SSSR count). The molecule has 0 bridgehead atoms. The molecule has 0 aromatic rings. The van der Waals surface area contributed by atoms with Crippen LogP contribution in [0.25, 0.3) is 0 Å². The summed E-state index contributed by atoms with van der Waals surface area (Å²) in [6.07, 6.45) is 2.43. The van der Waals surface area contributed by atoms with Crippen molar-refractivity contribution in [2.45, 2.75) is 19.8 Å². The smallest absolute Gasteiger partial charge is 0.0506 e. The van der Waals surface area contributed by atoms with Gasteiger partial charge in [-0.2, -0.15) is 0 Å². The van der Waals surface area contributed by atoms with E-state index in [1.807, 2.05) is 0 Å². The average molecular weight is 180 g/mol. The summed E-state index contributed by atoms with van der Waals surface area (Å²) in [6.45, 7) is 6.37. The van der Waals surface area contributed by atoms with Gasteiger partial charge in [0, 0.05) is 13.2 Å². The molecular formula is C8H18ClNO. The topological polar surface area (TPSA) is 21.3 Å². The Morgan fingerprint density at radius 1 is 1.55 bits per heavy atom. The Morgan fingerprint density at radius 3 is 2.91 bits per heavy atom. The van der Waals surface area contributed by atoms with Gasteiger partial charge in [0.05, 0.1) is 6.61 Å². The lowest BCUT2D eigenvalue weighted by Crippen LogP contribution is -2.13. The Labute approximate surface area is 75.1 Å². The summed E-state index contributed by atoms with van der Waals surface area (Å²) < 4.78 is 5.43. The predicted octanol–water partition coefficient (Wildman–Crippen LogP) is 1.44. The van der Waals surface area contributed by atoms with Crippen LogP contribution in [0.4, 0.5) is 0 Å². The van der Waals surface area contributed by atoms with Gasteiger partial charge in [-0.15, -0.1) is 12.4 Å². The third-order valence-electron chi connectivity index (χ3n) is 1.86. The minimum Gasteiger partial charge on any atom is -0.381 e. The van der Waals surface area contributed by atoms with E-state index in [4.69, 9.17) is 4.74 Å². The first kappa shape index (κ1) is 11.2. The molecule has 1 N–H and O–H groups in total. The zero-order chi connectivity index (χ0) is 7.23. The summed E-state index contributed by atoms with van der Waals surface area (Å²) in [7, 11) is 0. The number of ether oxygens (including phenoxy) is 1. The number of rotatable bonds is 4. The van der Waals surface area contributed by atoms with Gasteiger partial charge in [0.1, 0.15) is 0 Å². The van der Waals surface area contributed by atoms with E-state index in [1.54, 1.807) is 0 Å². The highest BCUT2D eigenvalue weighted by Crippen LogP contribution is 2.07. The maximum Gasteiger partial charge on any atom is 0.0506 e. The molecule has 1 atom stereocenters. The van der Waals surface area contributed by atoms with Gasteiger partial charge >= 0.3 is 0 Å². The molecule has 68 valence electrons. The van der Waals surface area contributed by atoms with Crippen LogP contribution < -0.4 is 5.32 Å². The number of nitrogens with one attached hydrogen (secondary N) is 1. The van der Waals surface area contributed by atoms with Crippen LogP contribution in [0, 0.1) is 5.92 Å². The second-order valence-corrected chi connectivity index (χ2v) is 2.93. The van der Waals surface area contributed by atoms with Gasteiger partial charge in [-0.1, -0.05) is 6.92 Å². The molecule has 3 heteroatoms. The lowest BCUT2D eigenvalue weighted by molar-refractivity contribution is 0.106. The van der Waals surface area contributed by atoms with Crippen LogP contribution in [0.5, 0.6) is 0 Å². The molecule has 11 heavy (non-hydrogen) atoms. The molecule has 0 amide bonds. The van der Waals surface area contributed by atoms with Crippen LogP contribution in [-0.4, -0.2) is 26.3 Å². The average Bonchev–Trinajstić information content (AvgIpc) is 2.41. The minimum absolute atomic E-state index is 0. The lowest BCUT2D eigenvalue weighted by Gasteiger charge is -2.07. The van der Waals surface area contributed by atoms with Gasteiger partial charge in [0.25, 0.3) is 0 Å². The lowest BCUT2D eigenvalue weighted by atomic mass is 10.1. The van der Waals surface area contributed by atoms with E-state index >= 15 is 0 Å². The Bertz CT molecular complexity index is 84.2. The molecule has 1 fully saturated rings. The van der Waals surface area contributed by atoms with Crippen LogP contribution in [0.3, 0.4) is 0 Å². The van der Waals surface area contributed by atoms with Crippen molar-refractivity contribution in [2.24, 2.45) is 5.92 Å². The molecule has 2 nitrogen and oxygen atoms in total. The highest BCUT2D eigenvalue weighted by Gasteiger charge is 2.13. The van der Waals surface area contributed by atoms with E-state index in [-0.39, 0.29) is 12.4 Å². The second-order valence-electron chi connectivity index (χ2n) is 2.93. The zero-order valence-electron chi connectivity index (χ0n) is 7.14. The maximum atomic E-state index is 5.43. The number of halogens is 1. The Hall–Kier alpha value is 0.210. The van der Waals surface area contributed by atoms with Crippen LogP contribution >= 0.6 is 12.4 Å². The first-order chi connectivity index (χ1) is 4.93. The fourth-order valence-corrected chi connectivity index (χ4v) is 1.25. The molecule has 1 aliphatic heterocycles. The SMILES string of the molecule is CCCOCC1CCNC1.Cl. The van der Waals surface area contributed by atoms with E-state index in [2.05, 4.69) is 12.2 Å². The second kappa shape index (κ2) is 6.89. The molecule has 1 unspecified atom stereocenters. The van der Waals surface area contributed by atoms with E-state index in [1.165, 1.54) is 13.0 Å². The van der Waals surface area contributed by atoms with Crippen molar-refractivity contribution in [3.63, 3.8) is 0 Å². The highest BCUT2D eigenvalue weighted by atomic mass is 35.5. The van der Waals surface area contributed by atoms with Gasteiger partial charge in [0.15, 0.2) is 0 Å². The summed E-state index contributed by atoms with van der Waals surface area (Å²) >= 11 is 0. The van der Waals surface area contributed by atoms with Crippen molar-refractivity contribution < 1.29 is 4.74 Å². The minimum atomic E-state index is 0. The normalized spacial score (nSPS) is 23.2. The standard InChI is InChI=1S/C8H17NO.ClH/c1-2-5-10-7-8-3-4-9-6-8;/h8-9H,2-7H2,1H3;1H. The third kappa shape index (κ3) is 4.62. The van der Waals surface area contributed by atoms with Gasteiger partial charge < -0.3 is 10.1 Å². The third-order valence-corrected chi connectivity index (χ3v) is 1.86. The summed E-state index contributed by atoms with van der Waals surface area (Å²) in [5.41, 5.74) is 0. The van der Waals surface area contributed by atoms with Crippen molar-refractivity contribution in [1.82, 2.24) is 5.32 Å². The van der Waals surface area contributed by atoms with Crippen LogP contribution in [-0.2, 0) is 4.74 Å². The highest BCUT2D eigenvalue weighted by molar-refractivity contribution is 5.85. The molecular weight excluding hydrogens is 162 g/mol. The van der Waals surface area contributed by atoms with E-state index in [0.29, 0.717) is 0 Å². The zero-order valence-corrected chi connectivity index (χ0v) is 7.95. The monoisotopic (exact) mass is 179 g/mol. The van der Waals surface area contributed by atoms with E-state index in [0.717, 1.165) is 32.1 Å². The molecule has 0 radical (unpaired) electrons. The summed E-state index contributed by atoms with van der Waals surface area (Å²) in [5, 5.41) is 3.32. The van der Waals surface area contributed by atoms with Crippen molar-refractivity contribution in [1.29, 1.82) is 0 Å². The molecule has 0 saturated carbocycles. The molecule has 1 heterocycles. The van der Waals surface area contributed by atoms with Gasteiger partial charge in [-0.3, -0.25) is 0 Å². The summed E-state index contributed by atoms with van der Waals surface area (Å²) in [4.78, 5) is 0. The predicted molar refractivity (Wildman–Crippen MR) is 49.3 cm³/mol. The first-order valence-electron chi connectivity index (χ1n) is 4.22. The molecule has 0 aliphatic carbocycles. The van der Waals surface area contributed by atoms with Gasteiger partial charge in [-0.05, 0) is 25.3 Å². The maximum absolute atomic E-state index is 5.43. The van der Waals surface area contributed by atoms with Crippen LogP contribution in [0.1, 0.15) is 19.8 Å². The van der Waals surface area contributed by atoms with Crippen LogP contribution in [0.2, 0.25) is 0 Å². The van der Waals surface area contributed by atoms with Crippen molar-refractivity contribution in [3.8, 4) is 0 Å². The Kier molecular flexibility index (Phi) is 7.02. The van der Waals surface area contributed by atoms with Gasteiger partial charge in [0.2, 0.25) is 0 Å². The Balaban J connectivity index is 0.000001000. The fourth-order valence-electron chi connectivity index (χ4n) is 1.25. The van der Waals surface area contributed by atoms with E-state index < -0.39 is 0 Å². The number of hydrogen-bond acceptors (Lipinski definition) is 2. The molecule has 0 aromatic carbocycles.